The Balaban J connectivity index is 1.56. The van der Waals surface area contributed by atoms with E-state index in [2.05, 4.69) is 23.2 Å². The number of carbonyl (C=O) groups excluding carboxylic acids is 1. The monoisotopic (exact) mass is 370 g/mol. The number of hydrogen-bond donors (Lipinski definition) is 1. The van der Waals surface area contributed by atoms with Crippen LogP contribution in [0.25, 0.3) is 0 Å². The minimum absolute atomic E-state index is 0.00892. The molecule has 0 unspecified atom stereocenters. The van der Waals surface area contributed by atoms with Crippen molar-refractivity contribution in [3.8, 4) is 5.75 Å². The number of carbonyl (C=O) groups is 1. The van der Waals surface area contributed by atoms with Crippen LogP contribution >= 0.6 is 11.8 Å². The maximum atomic E-state index is 12.5. The summed E-state index contributed by atoms with van der Waals surface area (Å²) in [6, 6.07) is 14.1. The molecule has 1 N–H and O–H groups in total. The molecule has 1 amide bonds. The normalized spacial score (nSPS) is 13.2. The van der Waals surface area contributed by atoms with E-state index in [1.165, 1.54) is 16.1 Å². The molecule has 0 fully saturated rings. The Morgan fingerprint density at radius 3 is 2.73 bits per heavy atom. The maximum absolute atomic E-state index is 12.5. The second-order valence-corrected chi connectivity index (χ2v) is 7.33. The maximum Gasteiger partial charge on any atom is 0.251 e. The number of hydrogen-bond acceptors (Lipinski definition) is 4. The van der Waals surface area contributed by atoms with Crippen molar-refractivity contribution in [2.24, 2.45) is 0 Å². The third-order valence-corrected chi connectivity index (χ3v) is 5.54. The zero-order chi connectivity index (χ0) is 18.4. The van der Waals surface area contributed by atoms with E-state index in [1.54, 1.807) is 0 Å². The zero-order valence-electron chi connectivity index (χ0n) is 15.5. The van der Waals surface area contributed by atoms with Crippen molar-refractivity contribution in [3.63, 3.8) is 0 Å². The predicted octanol–water partition coefficient (Wildman–Crippen LogP) is 3.99. The van der Waals surface area contributed by atoms with E-state index in [1.807, 2.05) is 55.1 Å². The quantitative estimate of drug-likeness (QED) is 0.800. The van der Waals surface area contributed by atoms with Crippen LogP contribution in [0.4, 0.5) is 5.69 Å². The van der Waals surface area contributed by atoms with Crippen LogP contribution in [0.2, 0.25) is 0 Å². The molecule has 0 spiro atoms. The lowest BCUT2D eigenvalue weighted by atomic mass is 10.1. The first-order chi connectivity index (χ1) is 12.7. The molecule has 1 aliphatic heterocycles. The fourth-order valence-corrected chi connectivity index (χ4v) is 4.12. The Kier molecular flexibility index (Phi) is 6.45. The van der Waals surface area contributed by atoms with Crippen LogP contribution in [-0.4, -0.2) is 37.9 Å². The number of anilines is 1. The molecule has 0 aliphatic carbocycles. The molecule has 0 saturated heterocycles. The average Bonchev–Trinajstić information content (AvgIpc) is 2.68. The van der Waals surface area contributed by atoms with Crippen LogP contribution < -0.4 is 15.0 Å². The van der Waals surface area contributed by atoms with Crippen molar-refractivity contribution >= 4 is 23.4 Å². The van der Waals surface area contributed by atoms with E-state index in [0.717, 1.165) is 36.6 Å². The van der Waals surface area contributed by atoms with Crippen LogP contribution in [0.5, 0.6) is 5.75 Å². The van der Waals surface area contributed by atoms with Crippen molar-refractivity contribution in [1.29, 1.82) is 0 Å². The van der Waals surface area contributed by atoms with Gasteiger partial charge in [-0.2, -0.15) is 0 Å². The highest BCUT2D eigenvalue weighted by Crippen LogP contribution is 2.35. The summed E-state index contributed by atoms with van der Waals surface area (Å²) in [4.78, 5) is 16.1. The molecule has 0 bridgehead atoms. The first-order valence-electron chi connectivity index (χ1n) is 9.23. The van der Waals surface area contributed by atoms with E-state index < -0.39 is 0 Å². The topological polar surface area (TPSA) is 41.6 Å². The van der Waals surface area contributed by atoms with Gasteiger partial charge in [0.25, 0.3) is 5.91 Å². The number of amides is 1. The van der Waals surface area contributed by atoms with Crippen molar-refractivity contribution in [2.75, 3.05) is 36.9 Å². The number of nitrogens with one attached hydrogen (secondary N) is 1. The molecule has 2 aromatic rings. The molecule has 1 heterocycles. The number of fused-ring (bicyclic) bond motifs is 1. The Morgan fingerprint density at radius 2 is 2.00 bits per heavy atom. The third kappa shape index (κ3) is 4.52. The number of nitrogens with zero attached hydrogens (tertiary/aromatic N) is 1. The van der Waals surface area contributed by atoms with Crippen molar-refractivity contribution in [2.45, 2.75) is 25.2 Å². The molecule has 5 heteroatoms. The second-order valence-electron chi connectivity index (χ2n) is 6.19. The Bertz CT molecular complexity index is 746. The number of thioether (sulfide) groups is 1. The molecule has 4 nitrogen and oxygen atoms in total. The molecule has 0 radical (unpaired) electrons. The Labute approximate surface area is 159 Å². The van der Waals surface area contributed by atoms with Gasteiger partial charge in [0.15, 0.2) is 0 Å². The predicted molar refractivity (Wildman–Crippen MR) is 109 cm³/mol. The van der Waals surface area contributed by atoms with Gasteiger partial charge in [0, 0.05) is 35.8 Å². The smallest absolute Gasteiger partial charge is 0.251 e. The van der Waals surface area contributed by atoms with Gasteiger partial charge in [0.1, 0.15) is 5.75 Å². The van der Waals surface area contributed by atoms with Crippen LogP contribution in [0.15, 0.2) is 47.4 Å². The molecule has 0 aromatic heterocycles. The van der Waals surface area contributed by atoms with Crippen LogP contribution in [0.3, 0.4) is 0 Å². The summed E-state index contributed by atoms with van der Waals surface area (Å²) in [5.41, 5.74) is 3.10. The lowest BCUT2D eigenvalue weighted by Crippen LogP contribution is -2.30. The molecular formula is C21H26N2O2S. The summed E-state index contributed by atoms with van der Waals surface area (Å²) < 4.78 is 5.45. The number of ether oxygens (including phenoxy) is 1. The first kappa shape index (κ1) is 18.6. The molecule has 2 aromatic carbocycles. The summed E-state index contributed by atoms with van der Waals surface area (Å²) >= 11 is 1.86. The summed E-state index contributed by atoms with van der Waals surface area (Å²) in [6.45, 7) is 7.43. The van der Waals surface area contributed by atoms with Crippen molar-refractivity contribution < 1.29 is 9.53 Å². The molecule has 0 saturated carbocycles. The van der Waals surface area contributed by atoms with Gasteiger partial charge >= 0.3 is 0 Å². The minimum atomic E-state index is -0.00892. The lowest BCUT2D eigenvalue weighted by Gasteiger charge is -2.30. The van der Waals surface area contributed by atoms with Crippen LogP contribution in [-0.2, 0) is 6.42 Å². The summed E-state index contributed by atoms with van der Waals surface area (Å²) in [5, 5.41) is 3.03. The standard InChI is InChI=1S/C21H26N2O2S/c1-3-23-13-14-26-20-10-7-17(15-19(20)23)21(24)22-12-11-16-5-8-18(9-6-16)25-4-2/h5-10,15H,3-4,11-14H2,1-2H3,(H,22,24). The zero-order valence-corrected chi connectivity index (χ0v) is 16.3. The number of benzene rings is 2. The molecule has 138 valence electrons. The van der Waals surface area contributed by atoms with Crippen molar-refractivity contribution in [1.82, 2.24) is 5.32 Å². The van der Waals surface area contributed by atoms with Gasteiger partial charge in [0.2, 0.25) is 0 Å². The summed E-state index contributed by atoms with van der Waals surface area (Å²) in [5.74, 6) is 1.98. The fraction of sp³-hybridized carbons (Fsp3) is 0.381. The van der Waals surface area contributed by atoms with Gasteiger partial charge in [-0.05, 0) is 56.2 Å². The van der Waals surface area contributed by atoms with E-state index >= 15 is 0 Å². The highest BCUT2D eigenvalue weighted by molar-refractivity contribution is 7.99. The van der Waals surface area contributed by atoms with E-state index in [0.29, 0.717) is 13.2 Å². The molecule has 26 heavy (non-hydrogen) atoms. The van der Waals surface area contributed by atoms with Gasteiger partial charge in [-0.15, -0.1) is 11.8 Å². The SMILES string of the molecule is CCOc1ccc(CCNC(=O)c2ccc3c(c2)N(CC)CCS3)cc1. The van der Waals surface area contributed by atoms with Gasteiger partial charge in [-0.25, -0.2) is 0 Å². The molecule has 0 atom stereocenters. The highest BCUT2D eigenvalue weighted by Gasteiger charge is 2.18. The summed E-state index contributed by atoms with van der Waals surface area (Å²) in [6.07, 6.45) is 0.806. The Morgan fingerprint density at radius 1 is 1.19 bits per heavy atom. The molecule has 3 rings (SSSR count). The third-order valence-electron chi connectivity index (χ3n) is 4.50. The highest BCUT2D eigenvalue weighted by atomic mass is 32.2. The second kappa shape index (κ2) is 8.99. The van der Waals surface area contributed by atoms with Gasteiger partial charge in [0.05, 0.1) is 12.3 Å². The molecule has 1 aliphatic rings. The Hall–Kier alpha value is -2.14. The first-order valence-corrected chi connectivity index (χ1v) is 10.2. The summed E-state index contributed by atoms with van der Waals surface area (Å²) in [7, 11) is 0. The fourth-order valence-electron chi connectivity index (χ4n) is 3.08. The van der Waals surface area contributed by atoms with Gasteiger partial charge < -0.3 is 15.0 Å². The minimum Gasteiger partial charge on any atom is -0.494 e. The van der Waals surface area contributed by atoms with E-state index in [9.17, 15) is 4.79 Å². The van der Waals surface area contributed by atoms with Gasteiger partial charge in [-0.1, -0.05) is 12.1 Å². The van der Waals surface area contributed by atoms with E-state index in [-0.39, 0.29) is 5.91 Å². The van der Waals surface area contributed by atoms with Gasteiger partial charge in [-0.3, -0.25) is 4.79 Å². The lowest BCUT2D eigenvalue weighted by molar-refractivity contribution is 0.0954. The average molecular weight is 371 g/mol. The van der Waals surface area contributed by atoms with Crippen LogP contribution in [0.1, 0.15) is 29.8 Å². The molecular weight excluding hydrogens is 344 g/mol. The number of rotatable bonds is 7. The van der Waals surface area contributed by atoms with Crippen LogP contribution in [0, 0.1) is 0 Å². The van der Waals surface area contributed by atoms with Crippen molar-refractivity contribution in [3.05, 3.63) is 53.6 Å². The van der Waals surface area contributed by atoms with E-state index in [4.69, 9.17) is 4.74 Å². The largest absolute Gasteiger partial charge is 0.494 e.